The molecule has 0 aromatic heterocycles. The van der Waals surface area contributed by atoms with E-state index >= 15 is 0 Å². The van der Waals surface area contributed by atoms with Crippen molar-refractivity contribution in [1.82, 2.24) is 5.32 Å². The first kappa shape index (κ1) is 16.5. The highest BCUT2D eigenvalue weighted by atomic mass is 32.2. The molecule has 0 heterocycles. The molecule has 0 spiro atoms. The summed E-state index contributed by atoms with van der Waals surface area (Å²) in [5, 5.41) is 3.18. The van der Waals surface area contributed by atoms with Crippen LogP contribution in [-0.2, 0) is 9.84 Å². The number of sulfone groups is 1. The van der Waals surface area contributed by atoms with Crippen LogP contribution in [0.25, 0.3) is 0 Å². The second kappa shape index (κ2) is 7.41. The SMILES string of the molecule is CCCNC1CCC(CC)CC1S(=O)(=O)c1ccccc1. The third kappa shape index (κ3) is 3.86. The van der Waals surface area contributed by atoms with Crippen molar-refractivity contribution in [2.75, 3.05) is 6.54 Å². The molecule has 1 aliphatic rings. The molecule has 3 nitrogen and oxygen atoms in total. The van der Waals surface area contributed by atoms with Gasteiger partial charge in [-0.15, -0.1) is 0 Å². The predicted molar refractivity (Wildman–Crippen MR) is 87.1 cm³/mol. The summed E-state index contributed by atoms with van der Waals surface area (Å²) in [6.45, 7) is 5.17. The summed E-state index contributed by atoms with van der Waals surface area (Å²) >= 11 is 0. The van der Waals surface area contributed by atoms with E-state index in [4.69, 9.17) is 0 Å². The van der Waals surface area contributed by atoms with Gasteiger partial charge < -0.3 is 5.32 Å². The lowest BCUT2D eigenvalue weighted by molar-refractivity contribution is 0.287. The van der Waals surface area contributed by atoms with Gasteiger partial charge in [0.2, 0.25) is 0 Å². The number of benzene rings is 1. The minimum atomic E-state index is -3.25. The van der Waals surface area contributed by atoms with E-state index in [-0.39, 0.29) is 11.3 Å². The highest BCUT2D eigenvalue weighted by molar-refractivity contribution is 7.92. The summed E-state index contributed by atoms with van der Waals surface area (Å²) < 4.78 is 26.0. The van der Waals surface area contributed by atoms with Crippen molar-refractivity contribution < 1.29 is 8.42 Å². The smallest absolute Gasteiger partial charge is 0.182 e. The second-order valence-electron chi connectivity index (χ2n) is 6.04. The van der Waals surface area contributed by atoms with Crippen molar-refractivity contribution in [3.8, 4) is 0 Å². The van der Waals surface area contributed by atoms with Gasteiger partial charge >= 0.3 is 0 Å². The lowest BCUT2D eigenvalue weighted by Gasteiger charge is -2.36. The molecule has 118 valence electrons. The molecule has 0 radical (unpaired) electrons. The molecule has 1 fully saturated rings. The Kier molecular flexibility index (Phi) is 5.82. The fraction of sp³-hybridized carbons (Fsp3) is 0.647. The highest BCUT2D eigenvalue weighted by Gasteiger charge is 2.38. The normalized spacial score (nSPS) is 26.7. The lowest BCUT2D eigenvalue weighted by atomic mass is 9.84. The van der Waals surface area contributed by atoms with Crippen LogP contribution in [0, 0.1) is 5.92 Å². The summed E-state index contributed by atoms with van der Waals surface area (Å²) in [7, 11) is -3.25. The van der Waals surface area contributed by atoms with E-state index < -0.39 is 9.84 Å². The molecular formula is C17H27NO2S. The van der Waals surface area contributed by atoms with Gasteiger partial charge in [0.05, 0.1) is 10.1 Å². The maximum atomic E-state index is 13.0. The molecule has 21 heavy (non-hydrogen) atoms. The van der Waals surface area contributed by atoms with Crippen LogP contribution in [0.1, 0.15) is 46.0 Å². The maximum absolute atomic E-state index is 13.0. The molecule has 0 bridgehead atoms. The van der Waals surface area contributed by atoms with Crippen molar-refractivity contribution in [2.45, 2.75) is 62.1 Å². The van der Waals surface area contributed by atoms with Crippen LogP contribution in [0.3, 0.4) is 0 Å². The van der Waals surface area contributed by atoms with E-state index in [0.29, 0.717) is 10.8 Å². The van der Waals surface area contributed by atoms with Crippen molar-refractivity contribution in [2.24, 2.45) is 5.92 Å². The third-order valence-corrected chi connectivity index (χ3v) is 6.85. The standard InChI is InChI=1S/C17H27NO2S/c1-3-12-18-16-11-10-14(4-2)13-17(16)21(19,20)15-8-6-5-7-9-15/h5-9,14,16-18H,3-4,10-13H2,1-2H3. The molecule has 0 amide bonds. The van der Waals surface area contributed by atoms with Gasteiger partial charge in [0.15, 0.2) is 9.84 Å². The number of hydrogen-bond donors (Lipinski definition) is 1. The topological polar surface area (TPSA) is 46.2 Å². The number of nitrogens with one attached hydrogen (secondary N) is 1. The molecule has 1 saturated carbocycles. The largest absolute Gasteiger partial charge is 0.313 e. The molecule has 1 aliphatic carbocycles. The molecule has 0 saturated heterocycles. The van der Waals surface area contributed by atoms with Gasteiger partial charge in [-0.2, -0.15) is 0 Å². The third-order valence-electron chi connectivity index (χ3n) is 4.60. The summed E-state index contributed by atoms with van der Waals surface area (Å²) in [6, 6.07) is 9.02. The predicted octanol–water partition coefficient (Wildman–Crippen LogP) is 3.41. The Bertz CT molecular complexity index is 527. The van der Waals surface area contributed by atoms with Crippen LogP contribution in [0.2, 0.25) is 0 Å². The first-order valence-corrected chi connectivity index (χ1v) is 9.66. The van der Waals surface area contributed by atoms with E-state index in [1.165, 1.54) is 0 Å². The zero-order valence-corrected chi connectivity index (χ0v) is 13.9. The maximum Gasteiger partial charge on any atom is 0.182 e. The second-order valence-corrected chi connectivity index (χ2v) is 8.21. The first-order valence-electron chi connectivity index (χ1n) is 8.11. The molecule has 2 rings (SSSR count). The Balaban J connectivity index is 2.26. The quantitative estimate of drug-likeness (QED) is 0.876. The summed E-state index contributed by atoms with van der Waals surface area (Å²) in [6.07, 6.45) is 5.00. The van der Waals surface area contributed by atoms with Gasteiger partial charge in [-0.05, 0) is 50.3 Å². The Hall–Kier alpha value is -0.870. The summed E-state index contributed by atoms with van der Waals surface area (Å²) in [4.78, 5) is 0.468. The summed E-state index contributed by atoms with van der Waals surface area (Å²) in [5.74, 6) is 0.535. The van der Waals surface area contributed by atoms with Crippen LogP contribution >= 0.6 is 0 Å². The monoisotopic (exact) mass is 309 g/mol. The molecule has 3 atom stereocenters. The minimum Gasteiger partial charge on any atom is -0.313 e. The zero-order chi connectivity index (χ0) is 15.3. The van der Waals surface area contributed by atoms with Crippen LogP contribution in [0.15, 0.2) is 35.2 Å². The van der Waals surface area contributed by atoms with Crippen molar-refractivity contribution >= 4 is 9.84 Å². The van der Waals surface area contributed by atoms with Gasteiger partial charge in [-0.3, -0.25) is 0 Å². The van der Waals surface area contributed by atoms with Gasteiger partial charge in [0, 0.05) is 6.04 Å². The molecule has 0 aliphatic heterocycles. The Morgan fingerprint density at radius 2 is 1.86 bits per heavy atom. The van der Waals surface area contributed by atoms with Gasteiger partial charge in [0.1, 0.15) is 0 Å². The minimum absolute atomic E-state index is 0.0953. The van der Waals surface area contributed by atoms with E-state index in [1.54, 1.807) is 12.1 Å². The average Bonchev–Trinajstić information content (AvgIpc) is 2.53. The van der Waals surface area contributed by atoms with Crippen LogP contribution in [-0.4, -0.2) is 26.3 Å². The molecule has 1 aromatic rings. The van der Waals surface area contributed by atoms with Crippen LogP contribution < -0.4 is 5.32 Å². The summed E-state index contributed by atoms with van der Waals surface area (Å²) in [5.41, 5.74) is 0. The van der Waals surface area contributed by atoms with E-state index in [9.17, 15) is 8.42 Å². The van der Waals surface area contributed by atoms with Gasteiger partial charge in [-0.1, -0.05) is 38.5 Å². The van der Waals surface area contributed by atoms with Crippen molar-refractivity contribution in [3.63, 3.8) is 0 Å². The lowest BCUT2D eigenvalue weighted by Crippen LogP contribution is -2.48. The van der Waals surface area contributed by atoms with Crippen LogP contribution in [0.5, 0.6) is 0 Å². The number of hydrogen-bond acceptors (Lipinski definition) is 3. The van der Waals surface area contributed by atoms with E-state index in [0.717, 1.165) is 38.6 Å². The highest BCUT2D eigenvalue weighted by Crippen LogP contribution is 2.33. The Morgan fingerprint density at radius 3 is 2.48 bits per heavy atom. The molecule has 1 aromatic carbocycles. The molecule has 4 heteroatoms. The van der Waals surface area contributed by atoms with Gasteiger partial charge in [0.25, 0.3) is 0 Å². The molecule has 1 N–H and O–H groups in total. The zero-order valence-electron chi connectivity index (χ0n) is 13.1. The molecule has 3 unspecified atom stereocenters. The van der Waals surface area contributed by atoms with E-state index in [1.807, 2.05) is 18.2 Å². The van der Waals surface area contributed by atoms with Crippen LogP contribution in [0.4, 0.5) is 0 Å². The Labute approximate surface area is 129 Å². The van der Waals surface area contributed by atoms with Crippen molar-refractivity contribution in [3.05, 3.63) is 30.3 Å². The average molecular weight is 309 g/mol. The fourth-order valence-electron chi connectivity index (χ4n) is 3.27. The van der Waals surface area contributed by atoms with Crippen molar-refractivity contribution in [1.29, 1.82) is 0 Å². The Morgan fingerprint density at radius 1 is 1.14 bits per heavy atom. The van der Waals surface area contributed by atoms with Gasteiger partial charge in [-0.25, -0.2) is 8.42 Å². The molecular weight excluding hydrogens is 282 g/mol. The van der Waals surface area contributed by atoms with E-state index in [2.05, 4.69) is 19.2 Å². The fourth-order valence-corrected chi connectivity index (χ4v) is 5.35. The number of rotatable bonds is 6. The first-order chi connectivity index (χ1) is 10.1.